The average molecular weight is 269 g/mol. The molecule has 1 N–H and O–H groups in total. The van der Waals surface area contributed by atoms with Gasteiger partial charge in [0.25, 0.3) is 0 Å². The molecule has 1 fully saturated rings. The van der Waals surface area contributed by atoms with Crippen LogP contribution in [0.25, 0.3) is 0 Å². The fourth-order valence-electron chi connectivity index (χ4n) is 2.98. The molecule has 0 spiro atoms. The van der Waals surface area contributed by atoms with Gasteiger partial charge >= 0.3 is 0 Å². The minimum Gasteiger partial charge on any atom is -0.312 e. The molecule has 0 amide bonds. The normalized spacial score (nSPS) is 24.0. The number of likely N-dealkylation sites (N-methyl/N-ethyl adjacent to an activating group) is 2. The van der Waals surface area contributed by atoms with Crippen LogP contribution in [0.1, 0.15) is 46.5 Å². The average Bonchev–Trinajstić information content (AvgIpc) is 2.36. The molecule has 0 aromatic carbocycles. The Hall–Kier alpha value is -0.120. The lowest BCUT2D eigenvalue weighted by atomic mass is 9.96. The summed E-state index contributed by atoms with van der Waals surface area (Å²) in [6, 6.07) is 1.34. The molecule has 1 aliphatic rings. The van der Waals surface area contributed by atoms with E-state index < -0.39 is 0 Å². The number of rotatable bonds is 8. The molecule has 19 heavy (non-hydrogen) atoms. The third-order valence-corrected chi connectivity index (χ3v) is 4.32. The van der Waals surface area contributed by atoms with Gasteiger partial charge in [0.15, 0.2) is 0 Å². The van der Waals surface area contributed by atoms with Crippen LogP contribution in [0, 0.1) is 5.92 Å². The number of nitrogens with one attached hydrogen (secondary N) is 1. The summed E-state index contributed by atoms with van der Waals surface area (Å²) in [6.07, 6.45) is 5.26. The van der Waals surface area contributed by atoms with Crippen LogP contribution in [0.2, 0.25) is 0 Å². The molecule has 0 bridgehead atoms. The van der Waals surface area contributed by atoms with E-state index >= 15 is 0 Å². The van der Waals surface area contributed by atoms with Gasteiger partial charge in [0.05, 0.1) is 0 Å². The molecule has 0 saturated carbocycles. The van der Waals surface area contributed by atoms with Crippen molar-refractivity contribution in [3.05, 3.63) is 0 Å². The molecule has 1 aliphatic heterocycles. The molecule has 3 heteroatoms. The monoisotopic (exact) mass is 269 g/mol. The van der Waals surface area contributed by atoms with Gasteiger partial charge in [-0.1, -0.05) is 33.6 Å². The minimum absolute atomic E-state index is 0.659. The van der Waals surface area contributed by atoms with Gasteiger partial charge in [-0.3, -0.25) is 4.90 Å². The van der Waals surface area contributed by atoms with E-state index in [0.717, 1.165) is 12.5 Å². The molecule has 0 aromatic heterocycles. The van der Waals surface area contributed by atoms with Gasteiger partial charge < -0.3 is 10.2 Å². The zero-order valence-electron chi connectivity index (χ0n) is 13.8. The van der Waals surface area contributed by atoms with Crippen LogP contribution in [-0.2, 0) is 0 Å². The lowest BCUT2D eigenvalue weighted by molar-refractivity contribution is 0.0842. The smallest absolute Gasteiger partial charge is 0.0373 e. The molecule has 1 rings (SSSR count). The summed E-state index contributed by atoms with van der Waals surface area (Å²) < 4.78 is 0. The second-order valence-corrected chi connectivity index (χ2v) is 6.70. The standard InChI is InChI=1S/C16H35N3/c1-6-10-17-15(9-7-8-14(2)3)16-13-18(4)11-12-19(16)5/h14-17H,6-13H2,1-5H3. The topological polar surface area (TPSA) is 18.5 Å². The Bertz CT molecular complexity index is 230. The molecular weight excluding hydrogens is 234 g/mol. The van der Waals surface area contributed by atoms with Gasteiger partial charge in [0.2, 0.25) is 0 Å². The molecule has 2 atom stereocenters. The van der Waals surface area contributed by atoms with Crippen molar-refractivity contribution in [2.24, 2.45) is 5.92 Å². The zero-order valence-corrected chi connectivity index (χ0v) is 13.8. The Kier molecular flexibility index (Phi) is 7.96. The van der Waals surface area contributed by atoms with Crippen molar-refractivity contribution in [2.75, 3.05) is 40.3 Å². The highest BCUT2D eigenvalue weighted by molar-refractivity contribution is 4.88. The molecule has 3 nitrogen and oxygen atoms in total. The van der Waals surface area contributed by atoms with Crippen LogP contribution in [-0.4, -0.2) is 62.2 Å². The first-order valence-electron chi connectivity index (χ1n) is 8.16. The third kappa shape index (κ3) is 6.24. The quantitative estimate of drug-likeness (QED) is 0.730. The van der Waals surface area contributed by atoms with E-state index in [0.29, 0.717) is 12.1 Å². The fourth-order valence-corrected chi connectivity index (χ4v) is 2.98. The van der Waals surface area contributed by atoms with Gasteiger partial charge in [-0.05, 0) is 39.4 Å². The maximum absolute atomic E-state index is 3.80. The fraction of sp³-hybridized carbons (Fsp3) is 1.00. The number of nitrogens with zero attached hydrogens (tertiary/aromatic N) is 2. The molecule has 0 radical (unpaired) electrons. The Morgan fingerprint density at radius 2 is 1.89 bits per heavy atom. The Morgan fingerprint density at radius 3 is 2.53 bits per heavy atom. The summed E-state index contributed by atoms with van der Waals surface area (Å²) in [7, 11) is 4.55. The summed E-state index contributed by atoms with van der Waals surface area (Å²) >= 11 is 0. The lowest BCUT2D eigenvalue weighted by Gasteiger charge is -2.42. The Morgan fingerprint density at radius 1 is 1.16 bits per heavy atom. The van der Waals surface area contributed by atoms with Crippen LogP contribution in [0.4, 0.5) is 0 Å². The summed E-state index contributed by atoms with van der Waals surface area (Å²) in [5.41, 5.74) is 0. The van der Waals surface area contributed by atoms with E-state index in [1.54, 1.807) is 0 Å². The van der Waals surface area contributed by atoms with E-state index in [2.05, 4.69) is 50.0 Å². The zero-order chi connectivity index (χ0) is 14.3. The molecule has 2 unspecified atom stereocenters. The van der Waals surface area contributed by atoms with E-state index in [1.807, 2.05) is 0 Å². The van der Waals surface area contributed by atoms with Gasteiger partial charge in [-0.2, -0.15) is 0 Å². The van der Waals surface area contributed by atoms with Crippen LogP contribution in [0.15, 0.2) is 0 Å². The molecule has 114 valence electrons. The van der Waals surface area contributed by atoms with Crippen molar-refractivity contribution in [3.8, 4) is 0 Å². The van der Waals surface area contributed by atoms with Gasteiger partial charge in [-0.15, -0.1) is 0 Å². The largest absolute Gasteiger partial charge is 0.312 e. The molecule has 0 aromatic rings. The first kappa shape index (κ1) is 16.9. The van der Waals surface area contributed by atoms with Crippen LogP contribution in [0.3, 0.4) is 0 Å². The highest BCUT2D eigenvalue weighted by atomic mass is 15.3. The first-order valence-corrected chi connectivity index (χ1v) is 8.16. The van der Waals surface area contributed by atoms with Crippen LogP contribution >= 0.6 is 0 Å². The highest BCUT2D eigenvalue weighted by Crippen LogP contribution is 2.16. The molecule has 0 aliphatic carbocycles. The number of hydrogen-bond donors (Lipinski definition) is 1. The van der Waals surface area contributed by atoms with E-state index in [9.17, 15) is 0 Å². The van der Waals surface area contributed by atoms with Gasteiger partial charge in [-0.25, -0.2) is 0 Å². The maximum atomic E-state index is 3.80. The van der Waals surface area contributed by atoms with Gasteiger partial charge in [0.1, 0.15) is 0 Å². The SMILES string of the molecule is CCCNC(CCCC(C)C)C1CN(C)CCN1C. The predicted molar refractivity (Wildman–Crippen MR) is 84.7 cm³/mol. The third-order valence-electron chi connectivity index (χ3n) is 4.32. The summed E-state index contributed by atoms with van der Waals surface area (Å²) in [6.45, 7) is 11.7. The Labute approximate surface area is 120 Å². The first-order chi connectivity index (χ1) is 9.04. The highest BCUT2D eigenvalue weighted by Gasteiger charge is 2.28. The van der Waals surface area contributed by atoms with Crippen molar-refractivity contribution < 1.29 is 0 Å². The summed E-state index contributed by atoms with van der Waals surface area (Å²) in [5, 5.41) is 3.80. The summed E-state index contributed by atoms with van der Waals surface area (Å²) in [5.74, 6) is 0.832. The predicted octanol–water partition coefficient (Wildman–Crippen LogP) is 2.43. The second kappa shape index (κ2) is 8.93. The van der Waals surface area contributed by atoms with Crippen molar-refractivity contribution >= 4 is 0 Å². The molecular formula is C16H35N3. The maximum Gasteiger partial charge on any atom is 0.0373 e. The number of hydrogen-bond acceptors (Lipinski definition) is 3. The number of piperazine rings is 1. The Balaban J connectivity index is 2.50. The second-order valence-electron chi connectivity index (χ2n) is 6.70. The van der Waals surface area contributed by atoms with Crippen molar-refractivity contribution in [2.45, 2.75) is 58.5 Å². The molecule has 1 heterocycles. The van der Waals surface area contributed by atoms with Gasteiger partial charge in [0, 0.05) is 31.7 Å². The summed E-state index contributed by atoms with van der Waals surface area (Å²) in [4.78, 5) is 5.04. The van der Waals surface area contributed by atoms with E-state index in [-0.39, 0.29) is 0 Å². The van der Waals surface area contributed by atoms with Crippen molar-refractivity contribution in [1.82, 2.24) is 15.1 Å². The van der Waals surface area contributed by atoms with Crippen molar-refractivity contribution in [1.29, 1.82) is 0 Å². The van der Waals surface area contributed by atoms with E-state index in [1.165, 1.54) is 45.3 Å². The van der Waals surface area contributed by atoms with Crippen LogP contribution < -0.4 is 5.32 Å². The molecule has 1 saturated heterocycles. The van der Waals surface area contributed by atoms with E-state index in [4.69, 9.17) is 0 Å². The van der Waals surface area contributed by atoms with Crippen LogP contribution in [0.5, 0.6) is 0 Å². The lowest BCUT2D eigenvalue weighted by Crippen LogP contribution is -2.58. The minimum atomic E-state index is 0.659. The van der Waals surface area contributed by atoms with Crippen molar-refractivity contribution in [3.63, 3.8) is 0 Å².